The zero-order valence-corrected chi connectivity index (χ0v) is 12.4. The fourth-order valence-corrected chi connectivity index (χ4v) is 2.13. The number of aliphatic hydroxyl groups excluding tert-OH is 3. The van der Waals surface area contributed by atoms with Crippen LogP contribution in [0.3, 0.4) is 0 Å². The van der Waals surface area contributed by atoms with Crippen molar-refractivity contribution in [2.75, 3.05) is 0 Å². The van der Waals surface area contributed by atoms with Crippen molar-refractivity contribution in [2.24, 2.45) is 0 Å². The van der Waals surface area contributed by atoms with Crippen LogP contribution in [0.25, 0.3) is 0 Å². The number of aliphatic hydroxyl groups is 3. The van der Waals surface area contributed by atoms with Gasteiger partial charge in [0, 0.05) is 0 Å². The molecule has 0 heterocycles. The molecule has 0 spiro atoms. The second kappa shape index (κ2) is 8.37. The Kier molecular flexibility index (Phi) is 7.16. The Bertz CT molecular complexity index is 368. The van der Waals surface area contributed by atoms with Gasteiger partial charge in [-0.25, -0.2) is 0 Å². The van der Waals surface area contributed by atoms with Gasteiger partial charge in [-0.1, -0.05) is 44.2 Å². The van der Waals surface area contributed by atoms with Gasteiger partial charge < -0.3 is 20.1 Å². The monoisotopic (exact) mass is 282 g/mol. The molecule has 4 nitrogen and oxygen atoms in total. The first-order valence-electron chi connectivity index (χ1n) is 7.25. The van der Waals surface area contributed by atoms with Crippen LogP contribution in [0.15, 0.2) is 30.3 Å². The van der Waals surface area contributed by atoms with Gasteiger partial charge in [-0.2, -0.15) is 0 Å². The highest BCUT2D eigenvalue weighted by atomic mass is 16.5. The minimum absolute atomic E-state index is 0.263. The van der Waals surface area contributed by atoms with Crippen LogP contribution in [-0.2, 0) is 4.74 Å². The van der Waals surface area contributed by atoms with Crippen molar-refractivity contribution in [1.29, 1.82) is 0 Å². The minimum Gasteiger partial charge on any atom is -0.390 e. The summed E-state index contributed by atoms with van der Waals surface area (Å²) in [5.41, 5.74) is 0.971. The normalized spacial score (nSPS) is 19.1. The summed E-state index contributed by atoms with van der Waals surface area (Å²) >= 11 is 0. The van der Waals surface area contributed by atoms with Gasteiger partial charge in [-0.3, -0.25) is 0 Å². The third kappa shape index (κ3) is 4.56. The van der Waals surface area contributed by atoms with Crippen LogP contribution in [0, 0.1) is 0 Å². The molecule has 0 amide bonds. The molecule has 1 rings (SSSR count). The molecule has 0 fully saturated rings. The van der Waals surface area contributed by atoms with Gasteiger partial charge in [0.15, 0.2) is 0 Å². The molecule has 1 aromatic rings. The van der Waals surface area contributed by atoms with Crippen molar-refractivity contribution in [3.05, 3.63) is 35.9 Å². The summed E-state index contributed by atoms with van der Waals surface area (Å²) in [7, 11) is 0. The van der Waals surface area contributed by atoms with Crippen molar-refractivity contribution in [2.45, 2.75) is 64.1 Å². The molecule has 0 aliphatic carbocycles. The average molecular weight is 282 g/mol. The fourth-order valence-electron chi connectivity index (χ4n) is 2.13. The van der Waals surface area contributed by atoms with Crippen LogP contribution in [0.4, 0.5) is 0 Å². The van der Waals surface area contributed by atoms with Crippen LogP contribution in [0.1, 0.15) is 45.3 Å². The number of benzene rings is 1. The maximum absolute atomic E-state index is 10.1. The largest absolute Gasteiger partial charge is 0.390 e. The summed E-state index contributed by atoms with van der Waals surface area (Å²) in [5.74, 6) is 0. The SMILES string of the molecule is CC[C@@H](O)[C@@H](OC(C)c1ccccc1)[C@H](O)[C@@H](O)CC. The highest BCUT2D eigenvalue weighted by Gasteiger charge is 2.32. The quantitative estimate of drug-likeness (QED) is 0.682. The molecule has 3 N–H and O–H groups in total. The number of ether oxygens (including phenoxy) is 1. The maximum atomic E-state index is 10.1. The Morgan fingerprint density at radius 1 is 0.950 bits per heavy atom. The summed E-state index contributed by atoms with van der Waals surface area (Å²) in [6.45, 7) is 5.47. The van der Waals surface area contributed by atoms with Gasteiger partial charge in [-0.05, 0) is 25.3 Å². The second-order valence-electron chi connectivity index (χ2n) is 5.10. The predicted octanol–water partition coefficient (Wildman–Crippen LogP) is 2.04. The number of hydrogen-bond acceptors (Lipinski definition) is 4. The van der Waals surface area contributed by atoms with E-state index in [9.17, 15) is 15.3 Å². The standard InChI is InChI=1S/C16H26O4/c1-4-13(17)15(19)16(14(18)5-2)20-11(3)12-9-7-6-8-10-12/h6-11,13-19H,4-5H2,1-3H3/t11?,13-,14+,15+,16+/m0/s1. The first kappa shape index (κ1) is 17.1. The van der Waals surface area contributed by atoms with Crippen LogP contribution in [0.2, 0.25) is 0 Å². The van der Waals surface area contributed by atoms with E-state index in [0.717, 1.165) is 5.56 Å². The molecule has 0 saturated carbocycles. The maximum Gasteiger partial charge on any atom is 0.112 e. The molecule has 0 saturated heterocycles. The van der Waals surface area contributed by atoms with Crippen molar-refractivity contribution < 1.29 is 20.1 Å². The van der Waals surface area contributed by atoms with E-state index in [1.807, 2.05) is 44.2 Å². The van der Waals surface area contributed by atoms with E-state index in [4.69, 9.17) is 4.74 Å². The molecule has 4 heteroatoms. The Labute approximate surface area is 121 Å². The number of rotatable bonds is 8. The molecule has 0 aromatic heterocycles. The molecule has 114 valence electrons. The van der Waals surface area contributed by atoms with Crippen LogP contribution in [-0.4, -0.2) is 39.7 Å². The van der Waals surface area contributed by atoms with Gasteiger partial charge in [0.2, 0.25) is 0 Å². The van der Waals surface area contributed by atoms with E-state index < -0.39 is 24.4 Å². The molecule has 5 atom stereocenters. The number of hydrogen-bond donors (Lipinski definition) is 3. The summed E-state index contributed by atoms with van der Waals surface area (Å²) in [4.78, 5) is 0. The van der Waals surface area contributed by atoms with Crippen molar-refractivity contribution in [1.82, 2.24) is 0 Å². The van der Waals surface area contributed by atoms with Gasteiger partial charge in [0.25, 0.3) is 0 Å². The van der Waals surface area contributed by atoms with Gasteiger partial charge >= 0.3 is 0 Å². The van der Waals surface area contributed by atoms with E-state index in [0.29, 0.717) is 12.8 Å². The first-order chi connectivity index (χ1) is 9.51. The van der Waals surface area contributed by atoms with E-state index in [2.05, 4.69) is 0 Å². The molecule has 0 radical (unpaired) electrons. The Balaban J connectivity index is 2.79. The molecule has 1 aromatic carbocycles. The average Bonchev–Trinajstić information content (AvgIpc) is 2.50. The predicted molar refractivity (Wildman–Crippen MR) is 78.3 cm³/mol. The summed E-state index contributed by atoms with van der Waals surface area (Å²) < 4.78 is 5.81. The second-order valence-corrected chi connectivity index (χ2v) is 5.10. The Hall–Kier alpha value is -0.940. The molecule has 0 aliphatic rings. The minimum atomic E-state index is -1.10. The van der Waals surface area contributed by atoms with Crippen LogP contribution >= 0.6 is 0 Å². The molecular formula is C16H26O4. The molecule has 20 heavy (non-hydrogen) atoms. The van der Waals surface area contributed by atoms with Gasteiger partial charge in [-0.15, -0.1) is 0 Å². The molecule has 0 bridgehead atoms. The highest BCUT2D eigenvalue weighted by molar-refractivity contribution is 5.17. The summed E-state index contributed by atoms with van der Waals surface area (Å²) in [5, 5.41) is 30.0. The lowest BCUT2D eigenvalue weighted by Gasteiger charge is -2.32. The van der Waals surface area contributed by atoms with Gasteiger partial charge in [0.05, 0.1) is 18.3 Å². The Morgan fingerprint density at radius 2 is 1.50 bits per heavy atom. The topological polar surface area (TPSA) is 69.9 Å². The lowest BCUT2D eigenvalue weighted by molar-refractivity contribution is -0.154. The lowest BCUT2D eigenvalue weighted by Crippen LogP contribution is -2.46. The zero-order valence-electron chi connectivity index (χ0n) is 12.4. The van der Waals surface area contributed by atoms with Crippen molar-refractivity contribution >= 4 is 0 Å². The van der Waals surface area contributed by atoms with Crippen LogP contribution in [0.5, 0.6) is 0 Å². The smallest absolute Gasteiger partial charge is 0.112 e. The third-order valence-corrected chi connectivity index (χ3v) is 3.58. The van der Waals surface area contributed by atoms with Crippen LogP contribution < -0.4 is 0 Å². The van der Waals surface area contributed by atoms with E-state index >= 15 is 0 Å². The van der Waals surface area contributed by atoms with E-state index in [1.165, 1.54) is 0 Å². The lowest BCUT2D eigenvalue weighted by atomic mass is 9.99. The fraction of sp³-hybridized carbons (Fsp3) is 0.625. The molecular weight excluding hydrogens is 256 g/mol. The first-order valence-corrected chi connectivity index (χ1v) is 7.25. The van der Waals surface area contributed by atoms with Crippen molar-refractivity contribution in [3.8, 4) is 0 Å². The molecule has 1 unspecified atom stereocenters. The highest BCUT2D eigenvalue weighted by Crippen LogP contribution is 2.23. The van der Waals surface area contributed by atoms with Crippen molar-refractivity contribution in [3.63, 3.8) is 0 Å². The van der Waals surface area contributed by atoms with E-state index in [1.54, 1.807) is 6.92 Å². The third-order valence-electron chi connectivity index (χ3n) is 3.58. The van der Waals surface area contributed by atoms with Gasteiger partial charge in [0.1, 0.15) is 12.2 Å². The zero-order chi connectivity index (χ0) is 15.1. The summed E-state index contributed by atoms with van der Waals surface area (Å²) in [6, 6.07) is 9.62. The van der Waals surface area contributed by atoms with E-state index in [-0.39, 0.29) is 6.10 Å². The summed E-state index contributed by atoms with van der Waals surface area (Å²) in [6.07, 6.45) is -2.99. The molecule has 0 aliphatic heterocycles. The Morgan fingerprint density at radius 3 is 2.00 bits per heavy atom.